The Balaban J connectivity index is 2.23. The molecule has 0 aliphatic carbocycles. The first-order valence-electron chi connectivity index (χ1n) is 3.17. The molecule has 0 bridgehead atoms. The Morgan fingerprint density at radius 2 is 2.42 bits per heavy atom. The zero-order valence-electron chi connectivity index (χ0n) is 5.69. The number of nitrogens with zero attached hydrogens (tertiary/aromatic N) is 1. The second kappa shape index (κ2) is 2.50. The maximum atomic E-state index is 11.1. The Bertz CT molecular complexity index is 303. The van der Waals surface area contributed by atoms with E-state index >= 15 is 0 Å². The number of hydrogen-bond donors (Lipinski definition) is 0. The Hall–Kier alpha value is -0.490. The molecule has 4 nitrogen and oxygen atoms in total. The van der Waals surface area contributed by atoms with Gasteiger partial charge in [-0.05, 0) is 5.41 Å². The lowest BCUT2D eigenvalue weighted by atomic mass is 10.2. The van der Waals surface area contributed by atoms with Crippen LogP contribution in [-0.2, 0) is 9.59 Å². The molecule has 0 aromatic rings. The summed E-state index contributed by atoms with van der Waals surface area (Å²) in [5.41, 5.74) is -0.0225. The van der Waals surface area contributed by atoms with Crippen LogP contribution in [0.2, 0.25) is 0 Å². The largest absolute Gasteiger partial charge is 0.543 e. The van der Waals surface area contributed by atoms with E-state index < -0.39 is 5.97 Å². The lowest BCUT2D eigenvalue weighted by molar-refractivity contribution is -0.301. The van der Waals surface area contributed by atoms with Crippen LogP contribution in [0.25, 0.3) is 0 Å². The molecule has 2 aliphatic heterocycles. The number of aliphatic carboxylic acids is 1. The molecule has 6 heteroatoms. The minimum absolute atomic E-state index is 0.0225. The van der Waals surface area contributed by atoms with Crippen molar-refractivity contribution in [2.24, 2.45) is 0 Å². The van der Waals surface area contributed by atoms with Gasteiger partial charge in [0.2, 0.25) is 5.91 Å². The topological polar surface area (TPSA) is 60.4 Å². The molecular weight excluding hydrogens is 246 g/mol. The number of β-lactam (4-membered cyclic amide) rings is 1. The maximum Gasteiger partial charge on any atom is 0.244 e. The summed E-state index contributed by atoms with van der Waals surface area (Å²) >= 11 is 4.47. The fraction of sp³-hybridized carbons (Fsp3) is 0.333. The number of fused-ring (bicyclic) bond motifs is 1. The van der Waals surface area contributed by atoms with E-state index in [1.54, 1.807) is 0 Å². The van der Waals surface area contributed by atoms with E-state index in [2.05, 4.69) is 15.9 Å². The predicted octanol–water partition coefficient (Wildman–Crippen LogP) is -0.744. The molecule has 1 fully saturated rings. The van der Waals surface area contributed by atoms with Crippen LogP contribution in [0.15, 0.2) is 11.1 Å². The van der Waals surface area contributed by atoms with Crippen molar-refractivity contribution in [2.45, 2.75) is 10.2 Å². The fourth-order valence-electron chi connectivity index (χ4n) is 1.15. The average Bonchev–Trinajstić information content (AvgIpc) is 2.43. The molecule has 0 aromatic carbocycles. The van der Waals surface area contributed by atoms with Crippen molar-refractivity contribution in [1.82, 2.24) is 4.90 Å². The van der Waals surface area contributed by atoms with Crippen molar-refractivity contribution in [2.75, 3.05) is 0 Å². The normalized spacial score (nSPS) is 32.6. The van der Waals surface area contributed by atoms with Crippen molar-refractivity contribution in [3.05, 3.63) is 11.1 Å². The molecule has 0 radical (unpaired) electrons. The smallest absolute Gasteiger partial charge is 0.244 e. The van der Waals surface area contributed by atoms with Crippen molar-refractivity contribution < 1.29 is 14.7 Å². The number of hydrogen-bond acceptors (Lipinski definition) is 4. The Kier molecular flexibility index (Phi) is 1.69. The van der Waals surface area contributed by atoms with E-state index in [9.17, 15) is 14.7 Å². The summed E-state index contributed by atoms with van der Waals surface area (Å²) in [4.78, 5) is 22.5. The van der Waals surface area contributed by atoms with Crippen LogP contribution in [0, 0.1) is 0 Å². The summed E-state index contributed by atoms with van der Waals surface area (Å²) in [5, 5.41) is 11.8. The van der Waals surface area contributed by atoms with Crippen LogP contribution in [0.4, 0.5) is 0 Å². The maximum absolute atomic E-state index is 11.1. The molecule has 2 unspecified atom stereocenters. The van der Waals surface area contributed by atoms with Crippen LogP contribution in [-0.4, -0.2) is 27.0 Å². The molecule has 64 valence electrons. The number of rotatable bonds is 1. The van der Waals surface area contributed by atoms with Gasteiger partial charge in [-0.25, -0.2) is 0 Å². The van der Waals surface area contributed by atoms with Crippen LogP contribution >= 0.6 is 27.7 Å². The minimum atomic E-state index is -1.29. The monoisotopic (exact) mass is 248 g/mol. The predicted molar refractivity (Wildman–Crippen MR) is 44.0 cm³/mol. The Morgan fingerprint density at radius 1 is 1.75 bits per heavy atom. The molecule has 2 atom stereocenters. The van der Waals surface area contributed by atoms with Gasteiger partial charge in [0.25, 0.3) is 0 Å². The highest BCUT2D eigenvalue weighted by atomic mass is 79.9. The van der Waals surface area contributed by atoms with E-state index in [1.165, 1.54) is 22.1 Å². The Labute approximate surface area is 80.7 Å². The van der Waals surface area contributed by atoms with Crippen LogP contribution in [0.1, 0.15) is 0 Å². The van der Waals surface area contributed by atoms with Gasteiger partial charge in [-0.2, -0.15) is 0 Å². The molecule has 0 saturated carbocycles. The molecule has 2 aliphatic rings. The number of carboxylic acids is 1. The van der Waals surface area contributed by atoms with Crippen molar-refractivity contribution in [3.8, 4) is 0 Å². The van der Waals surface area contributed by atoms with Gasteiger partial charge in [-0.15, -0.1) is 11.8 Å². The summed E-state index contributed by atoms with van der Waals surface area (Å²) in [7, 11) is 0. The van der Waals surface area contributed by atoms with Crippen LogP contribution < -0.4 is 5.11 Å². The van der Waals surface area contributed by atoms with Gasteiger partial charge in [0, 0.05) is 0 Å². The number of carboxylic acid groups (broad SMARTS) is 1. The lowest BCUT2D eigenvalue weighted by Crippen LogP contribution is -2.59. The van der Waals surface area contributed by atoms with Gasteiger partial charge in [-0.1, -0.05) is 15.9 Å². The molecular formula is C6H3BrNO3S-. The molecule has 0 aromatic heterocycles. The number of amides is 1. The number of carbonyl (C=O) groups is 2. The quantitative estimate of drug-likeness (QED) is 0.453. The highest BCUT2D eigenvalue weighted by Gasteiger charge is 2.50. The summed E-state index contributed by atoms with van der Waals surface area (Å²) in [6.45, 7) is 0. The second-order valence-electron chi connectivity index (χ2n) is 2.43. The van der Waals surface area contributed by atoms with E-state index in [-0.39, 0.29) is 21.8 Å². The highest BCUT2D eigenvalue weighted by Crippen LogP contribution is 2.43. The first-order chi connectivity index (χ1) is 5.63. The minimum Gasteiger partial charge on any atom is -0.543 e. The zero-order valence-corrected chi connectivity index (χ0v) is 8.09. The first kappa shape index (κ1) is 8.12. The summed E-state index contributed by atoms with van der Waals surface area (Å²) < 4.78 is 0. The van der Waals surface area contributed by atoms with E-state index in [0.29, 0.717) is 0 Å². The number of alkyl halides is 1. The third-order valence-corrected chi connectivity index (χ3v) is 4.13. The summed E-state index contributed by atoms with van der Waals surface area (Å²) in [6, 6.07) is 0. The third-order valence-electron chi connectivity index (χ3n) is 1.77. The second-order valence-corrected chi connectivity index (χ2v) is 4.40. The molecule has 0 N–H and O–H groups in total. The van der Waals surface area contributed by atoms with E-state index in [4.69, 9.17) is 0 Å². The van der Waals surface area contributed by atoms with Crippen LogP contribution in [0.3, 0.4) is 0 Å². The van der Waals surface area contributed by atoms with Crippen LogP contribution in [0.5, 0.6) is 0 Å². The van der Waals surface area contributed by atoms with Gasteiger partial charge < -0.3 is 9.90 Å². The average molecular weight is 249 g/mol. The SMILES string of the molecule is O=C([O-])C1=CSC2C(Br)C(=O)N12. The summed E-state index contributed by atoms with van der Waals surface area (Å²) in [6.07, 6.45) is 0. The Morgan fingerprint density at radius 3 is 3.00 bits per heavy atom. The van der Waals surface area contributed by atoms with Crippen molar-refractivity contribution in [3.63, 3.8) is 0 Å². The van der Waals surface area contributed by atoms with Gasteiger partial charge >= 0.3 is 0 Å². The first-order valence-corrected chi connectivity index (χ1v) is 5.03. The molecule has 12 heavy (non-hydrogen) atoms. The number of carbonyl (C=O) groups excluding carboxylic acids is 2. The molecule has 1 amide bonds. The van der Waals surface area contributed by atoms with Crippen molar-refractivity contribution >= 4 is 39.6 Å². The van der Waals surface area contributed by atoms with Gasteiger partial charge in [-0.3, -0.25) is 9.69 Å². The van der Waals surface area contributed by atoms with E-state index in [1.807, 2.05) is 0 Å². The fourth-order valence-corrected chi connectivity index (χ4v) is 3.05. The number of halogens is 1. The highest BCUT2D eigenvalue weighted by molar-refractivity contribution is 9.10. The summed E-state index contributed by atoms with van der Waals surface area (Å²) in [5.74, 6) is -1.50. The standard InChI is InChI=1S/C6H4BrNO3S/c7-3-4(9)8-2(6(10)11)1-12-5(3)8/h1,3,5H,(H,10,11)/p-1. The van der Waals surface area contributed by atoms with Gasteiger partial charge in [0.05, 0.1) is 11.7 Å². The molecule has 1 saturated heterocycles. The number of thioether (sulfide) groups is 1. The van der Waals surface area contributed by atoms with Crippen molar-refractivity contribution in [1.29, 1.82) is 0 Å². The zero-order chi connectivity index (χ0) is 8.88. The van der Waals surface area contributed by atoms with Gasteiger partial charge in [0.15, 0.2) is 0 Å². The van der Waals surface area contributed by atoms with Gasteiger partial charge in [0.1, 0.15) is 10.2 Å². The molecule has 0 spiro atoms. The molecule has 2 rings (SSSR count). The van der Waals surface area contributed by atoms with E-state index in [0.717, 1.165) is 0 Å². The molecule has 2 heterocycles. The lowest BCUT2D eigenvalue weighted by Gasteiger charge is -2.40. The third kappa shape index (κ3) is 0.847.